The molecule has 196 valence electrons. The monoisotopic (exact) mass is 529 g/mol. The fourth-order valence-corrected chi connectivity index (χ4v) is 5.01. The minimum absolute atomic E-state index is 0.0633. The van der Waals surface area contributed by atoms with Crippen molar-refractivity contribution in [1.29, 1.82) is 0 Å². The van der Waals surface area contributed by atoms with Gasteiger partial charge in [-0.3, -0.25) is 9.69 Å². The van der Waals surface area contributed by atoms with Crippen LogP contribution in [0.2, 0.25) is 5.02 Å². The third kappa shape index (κ3) is 6.46. The third-order valence-electron chi connectivity index (χ3n) is 6.76. The zero-order valence-electron chi connectivity index (χ0n) is 20.9. The highest BCUT2D eigenvalue weighted by Crippen LogP contribution is 2.35. The molecule has 8 heteroatoms. The van der Waals surface area contributed by atoms with Gasteiger partial charge in [0.1, 0.15) is 6.04 Å². The van der Waals surface area contributed by atoms with Gasteiger partial charge >= 0.3 is 6.18 Å². The predicted molar refractivity (Wildman–Crippen MR) is 142 cm³/mol. The number of alkyl halides is 3. The first-order valence-corrected chi connectivity index (χ1v) is 12.8. The maximum Gasteiger partial charge on any atom is 0.416 e. The first kappa shape index (κ1) is 27.0. The SMILES string of the molecule is CC(C)[C@H](Nc1ccc(C(F)(F)F)cc1Cl)C(=O)N1CCN(C(c2ccccc2)c2ccccc2)CC1. The molecule has 1 aliphatic heterocycles. The van der Waals surface area contributed by atoms with Gasteiger partial charge < -0.3 is 10.2 Å². The second-order valence-corrected chi connectivity index (χ2v) is 10.1. The van der Waals surface area contributed by atoms with Gasteiger partial charge in [-0.2, -0.15) is 13.2 Å². The first-order valence-electron chi connectivity index (χ1n) is 12.4. The van der Waals surface area contributed by atoms with Crippen molar-refractivity contribution in [2.24, 2.45) is 5.92 Å². The van der Waals surface area contributed by atoms with E-state index in [1.807, 2.05) is 55.1 Å². The summed E-state index contributed by atoms with van der Waals surface area (Å²) in [5.74, 6) is -0.174. The Balaban J connectivity index is 1.47. The molecule has 0 unspecified atom stereocenters. The Bertz CT molecular complexity index is 1140. The Morgan fingerprint density at radius 3 is 1.86 bits per heavy atom. The molecule has 0 spiro atoms. The molecule has 0 radical (unpaired) electrons. The van der Waals surface area contributed by atoms with Crippen molar-refractivity contribution in [3.8, 4) is 0 Å². The predicted octanol–water partition coefficient (Wildman–Crippen LogP) is 6.73. The maximum absolute atomic E-state index is 13.5. The molecule has 1 amide bonds. The van der Waals surface area contributed by atoms with Gasteiger partial charge in [-0.25, -0.2) is 0 Å². The standard InChI is InChI=1S/C29H31ClF3N3O/c1-20(2)26(34-25-14-13-23(19-24(25)30)29(31,32)33)28(37)36-17-15-35(16-18-36)27(21-9-5-3-6-10-21)22-11-7-4-8-12-22/h3-14,19-20,26-27,34H,15-18H2,1-2H3/t26-/m0/s1. The zero-order valence-corrected chi connectivity index (χ0v) is 21.6. The molecule has 1 saturated heterocycles. The van der Waals surface area contributed by atoms with E-state index in [9.17, 15) is 18.0 Å². The van der Waals surface area contributed by atoms with Crippen LogP contribution in [0.15, 0.2) is 78.9 Å². The van der Waals surface area contributed by atoms with Crippen LogP contribution in [0.3, 0.4) is 0 Å². The summed E-state index contributed by atoms with van der Waals surface area (Å²) in [6, 6.07) is 23.3. The zero-order chi connectivity index (χ0) is 26.6. The normalized spacial score (nSPS) is 15.7. The van der Waals surface area contributed by atoms with E-state index in [4.69, 9.17) is 11.6 Å². The molecule has 3 aromatic rings. The van der Waals surface area contributed by atoms with Crippen LogP contribution in [0.25, 0.3) is 0 Å². The highest BCUT2D eigenvalue weighted by molar-refractivity contribution is 6.33. The van der Waals surface area contributed by atoms with Crippen molar-refractivity contribution >= 4 is 23.2 Å². The second-order valence-electron chi connectivity index (χ2n) is 9.64. The molecule has 1 atom stereocenters. The second kappa shape index (κ2) is 11.6. The van der Waals surface area contributed by atoms with E-state index in [-0.39, 0.29) is 22.9 Å². The van der Waals surface area contributed by atoms with Crippen LogP contribution in [0, 0.1) is 5.92 Å². The van der Waals surface area contributed by atoms with E-state index in [1.54, 1.807) is 0 Å². The highest BCUT2D eigenvalue weighted by Gasteiger charge is 2.34. The number of nitrogens with zero attached hydrogens (tertiary/aromatic N) is 2. The molecule has 3 aromatic carbocycles. The fraction of sp³-hybridized carbons (Fsp3) is 0.345. The van der Waals surface area contributed by atoms with Crippen molar-refractivity contribution in [3.05, 3.63) is 101 Å². The number of hydrogen-bond acceptors (Lipinski definition) is 3. The molecule has 0 bridgehead atoms. The van der Waals surface area contributed by atoms with Gasteiger partial charge in [0, 0.05) is 26.2 Å². The topological polar surface area (TPSA) is 35.6 Å². The molecule has 4 rings (SSSR count). The minimum atomic E-state index is -4.48. The van der Waals surface area contributed by atoms with Gasteiger partial charge in [0.2, 0.25) is 5.91 Å². The molecule has 1 aliphatic rings. The van der Waals surface area contributed by atoms with Gasteiger partial charge in [0.15, 0.2) is 0 Å². The summed E-state index contributed by atoms with van der Waals surface area (Å²) >= 11 is 6.15. The number of carbonyl (C=O) groups is 1. The average Bonchev–Trinajstić information content (AvgIpc) is 2.89. The Hall–Kier alpha value is -3.03. The Kier molecular flexibility index (Phi) is 8.45. The number of halogens is 4. The maximum atomic E-state index is 13.5. The number of piperazine rings is 1. The van der Waals surface area contributed by atoms with Gasteiger partial charge in [-0.05, 0) is 35.2 Å². The highest BCUT2D eigenvalue weighted by atomic mass is 35.5. The minimum Gasteiger partial charge on any atom is -0.372 e. The number of amides is 1. The van der Waals surface area contributed by atoms with Crippen molar-refractivity contribution in [2.45, 2.75) is 32.1 Å². The van der Waals surface area contributed by atoms with E-state index in [0.29, 0.717) is 31.9 Å². The van der Waals surface area contributed by atoms with Crippen molar-refractivity contribution < 1.29 is 18.0 Å². The van der Waals surface area contributed by atoms with Gasteiger partial charge in [-0.1, -0.05) is 86.1 Å². The summed E-state index contributed by atoms with van der Waals surface area (Å²) in [7, 11) is 0. The van der Waals surface area contributed by atoms with Gasteiger partial charge in [-0.15, -0.1) is 0 Å². The Morgan fingerprint density at radius 2 is 1.41 bits per heavy atom. The molecular formula is C29H31ClF3N3O. The smallest absolute Gasteiger partial charge is 0.372 e. The first-order chi connectivity index (χ1) is 17.6. The Labute approximate surface area is 221 Å². The molecule has 4 nitrogen and oxygen atoms in total. The number of carbonyl (C=O) groups excluding carboxylic acids is 1. The van der Waals surface area contributed by atoms with E-state index < -0.39 is 17.8 Å². The third-order valence-corrected chi connectivity index (χ3v) is 7.07. The summed E-state index contributed by atoms with van der Waals surface area (Å²) in [6.07, 6.45) is -4.48. The lowest BCUT2D eigenvalue weighted by molar-refractivity contribution is -0.137. The van der Waals surface area contributed by atoms with Crippen LogP contribution in [0.1, 0.15) is 36.6 Å². The van der Waals surface area contributed by atoms with Crippen LogP contribution < -0.4 is 5.32 Å². The molecule has 1 fully saturated rings. The number of hydrogen-bond donors (Lipinski definition) is 1. The van der Waals surface area contributed by atoms with Gasteiger partial charge in [0.25, 0.3) is 0 Å². The van der Waals surface area contributed by atoms with E-state index in [2.05, 4.69) is 34.5 Å². The van der Waals surface area contributed by atoms with E-state index in [0.717, 1.165) is 12.1 Å². The largest absolute Gasteiger partial charge is 0.416 e. The molecule has 0 saturated carbocycles. The number of rotatable bonds is 7. The van der Waals surface area contributed by atoms with E-state index >= 15 is 0 Å². The van der Waals surface area contributed by atoms with Crippen LogP contribution in [-0.2, 0) is 11.0 Å². The molecule has 1 N–H and O–H groups in total. The van der Waals surface area contributed by atoms with Crippen molar-refractivity contribution in [1.82, 2.24) is 9.80 Å². The van der Waals surface area contributed by atoms with Crippen molar-refractivity contribution in [2.75, 3.05) is 31.5 Å². The number of anilines is 1. The summed E-state index contributed by atoms with van der Waals surface area (Å²) < 4.78 is 39.1. The number of nitrogens with one attached hydrogen (secondary N) is 1. The van der Waals surface area contributed by atoms with Gasteiger partial charge in [0.05, 0.1) is 22.3 Å². The molecule has 1 heterocycles. The summed E-state index contributed by atoms with van der Waals surface area (Å²) in [4.78, 5) is 17.7. The van der Waals surface area contributed by atoms with Crippen LogP contribution in [0.5, 0.6) is 0 Å². The van der Waals surface area contributed by atoms with Crippen LogP contribution in [-0.4, -0.2) is 47.9 Å². The summed E-state index contributed by atoms with van der Waals surface area (Å²) in [5, 5.41) is 3.04. The fourth-order valence-electron chi connectivity index (χ4n) is 4.77. The number of benzene rings is 3. The van der Waals surface area contributed by atoms with Crippen LogP contribution in [0.4, 0.5) is 18.9 Å². The van der Waals surface area contributed by atoms with Crippen molar-refractivity contribution in [3.63, 3.8) is 0 Å². The van der Waals surface area contributed by atoms with E-state index in [1.165, 1.54) is 17.2 Å². The van der Waals surface area contributed by atoms with Crippen LogP contribution >= 0.6 is 11.6 Å². The Morgan fingerprint density at radius 1 is 0.865 bits per heavy atom. The molecule has 37 heavy (non-hydrogen) atoms. The molecule has 0 aromatic heterocycles. The summed E-state index contributed by atoms with van der Waals surface area (Å²) in [6.45, 7) is 6.33. The average molecular weight is 530 g/mol. The molecule has 0 aliphatic carbocycles. The lowest BCUT2D eigenvalue weighted by Gasteiger charge is -2.41. The quantitative estimate of drug-likeness (QED) is 0.368. The summed E-state index contributed by atoms with van der Waals surface area (Å²) in [5.41, 5.74) is 1.89. The lowest BCUT2D eigenvalue weighted by Crippen LogP contribution is -2.54. The lowest BCUT2D eigenvalue weighted by atomic mass is 9.96. The molecular weight excluding hydrogens is 499 g/mol.